The highest BCUT2D eigenvalue weighted by Gasteiger charge is 2.32. The average Bonchev–Trinajstić information content (AvgIpc) is 2.91. The number of likely N-dealkylation sites (N-methyl/N-ethyl adjacent to an activating group) is 1. The van der Waals surface area contributed by atoms with Crippen molar-refractivity contribution in [3.8, 4) is 5.75 Å². The normalized spacial score (nSPS) is 11.9. The Hall–Kier alpha value is -3.92. The van der Waals surface area contributed by atoms with Gasteiger partial charge in [-0.3, -0.25) is 13.9 Å². The number of methoxy groups -OCH3 is 1. The molecule has 0 saturated heterocycles. The summed E-state index contributed by atoms with van der Waals surface area (Å²) < 4.78 is 48.2. The van der Waals surface area contributed by atoms with Gasteiger partial charge in [0.1, 0.15) is 24.2 Å². The number of carbonyl (C=O) groups is 2. The van der Waals surface area contributed by atoms with Gasteiger partial charge in [0.2, 0.25) is 11.8 Å². The predicted octanol–water partition coefficient (Wildman–Crippen LogP) is 3.89. The minimum atomic E-state index is -4.20. The Morgan fingerprint density at radius 3 is 2.21 bits per heavy atom. The predicted molar refractivity (Wildman–Crippen MR) is 144 cm³/mol. The Kier molecular flexibility index (Phi) is 9.46. The monoisotopic (exact) mass is 541 g/mol. The molecule has 1 N–H and O–H groups in total. The molecular weight excluding hydrogens is 509 g/mol. The molecule has 2 amide bonds. The van der Waals surface area contributed by atoms with Gasteiger partial charge in [-0.1, -0.05) is 35.9 Å². The minimum Gasteiger partial charge on any atom is -0.497 e. The van der Waals surface area contributed by atoms with Crippen LogP contribution in [0, 0.1) is 12.7 Å². The summed E-state index contributed by atoms with van der Waals surface area (Å²) in [5, 5.41) is 2.67. The van der Waals surface area contributed by atoms with Gasteiger partial charge in [-0.25, -0.2) is 12.8 Å². The topological polar surface area (TPSA) is 96.0 Å². The lowest BCUT2D eigenvalue weighted by Crippen LogP contribution is -2.51. The number of hydrogen-bond donors (Lipinski definition) is 1. The molecule has 1 atom stereocenters. The van der Waals surface area contributed by atoms with Gasteiger partial charge in [0.25, 0.3) is 10.0 Å². The number of anilines is 1. The molecule has 0 spiro atoms. The van der Waals surface area contributed by atoms with Crippen LogP contribution in [-0.2, 0) is 26.2 Å². The number of nitrogens with zero attached hydrogens (tertiary/aromatic N) is 2. The van der Waals surface area contributed by atoms with Crippen molar-refractivity contribution in [3.63, 3.8) is 0 Å². The number of benzene rings is 3. The summed E-state index contributed by atoms with van der Waals surface area (Å²) in [5.74, 6) is -1.15. The fourth-order valence-corrected chi connectivity index (χ4v) is 5.24. The number of aryl methyl sites for hydroxylation is 1. The number of nitrogens with one attached hydrogen (secondary N) is 1. The number of halogens is 1. The van der Waals surface area contributed by atoms with Crippen LogP contribution in [0.25, 0.3) is 0 Å². The Balaban J connectivity index is 2.03. The summed E-state index contributed by atoms with van der Waals surface area (Å²) in [5.41, 5.74) is 1.39. The molecule has 3 aromatic rings. The number of rotatable bonds is 11. The second kappa shape index (κ2) is 12.6. The number of carbonyl (C=O) groups excluding carboxylic acids is 2. The number of amides is 2. The Bertz CT molecular complexity index is 1360. The highest BCUT2D eigenvalue weighted by Crippen LogP contribution is 2.26. The maximum atomic E-state index is 14.5. The van der Waals surface area contributed by atoms with E-state index in [1.165, 1.54) is 61.4 Å². The lowest BCUT2D eigenvalue weighted by atomic mass is 10.1. The second-order valence-electron chi connectivity index (χ2n) is 8.71. The number of sulfonamides is 1. The first-order chi connectivity index (χ1) is 18.1. The molecule has 0 bridgehead atoms. The molecule has 0 saturated carbocycles. The third kappa shape index (κ3) is 6.69. The van der Waals surface area contributed by atoms with Gasteiger partial charge in [-0.15, -0.1) is 0 Å². The van der Waals surface area contributed by atoms with Crippen molar-refractivity contribution in [1.82, 2.24) is 10.2 Å². The van der Waals surface area contributed by atoms with Gasteiger partial charge >= 0.3 is 0 Å². The summed E-state index contributed by atoms with van der Waals surface area (Å²) in [6.07, 6.45) is 0. The molecule has 0 radical (unpaired) electrons. The summed E-state index contributed by atoms with van der Waals surface area (Å²) in [6, 6.07) is 17.5. The second-order valence-corrected chi connectivity index (χ2v) is 10.6. The van der Waals surface area contributed by atoms with Crippen molar-refractivity contribution in [2.45, 2.75) is 38.3 Å². The van der Waals surface area contributed by atoms with E-state index < -0.39 is 40.2 Å². The largest absolute Gasteiger partial charge is 0.497 e. The average molecular weight is 542 g/mol. The van der Waals surface area contributed by atoms with Crippen LogP contribution in [0.15, 0.2) is 77.7 Å². The van der Waals surface area contributed by atoms with Crippen LogP contribution < -0.4 is 14.4 Å². The van der Waals surface area contributed by atoms with E-state index in [1.807, 2.05) is 6.92 Å². The van der Waals surface area contributed by atoms with Crippen LogP contribution in [0.3, 0.4) is 0 Å². The van der Waals surface area contributed by atoms with E-state index in [4.69, 9.17) is 4.74 Å². The smallest absolute Gasteiger partial charge is 0.264 e. The van der Waals surface area contributed by atoms with Crippen molar-refractivity contribution in [2.24, 2.45) is 0 Å². The molecule has 0 heterocycles. The summed E-state index contributed by atoms with van der Waals surface area (Å²) in [7, 11) is -2.73. The maximum absolute atomic E-state index is 14.5. The first kappa shape index (κ1) is 28.6. The first-order valence-corrected chi connectivity index (χ1v) is 13.6. The van der Waals surface area contributed by atoms with Gasteiger partial charge in [0, 0.05) is 18.7 Å². The molecule has 0 unspecified atom stereocenters. The van der Waals surface area contributed by atoms with Crippen LogP contribution in [0.2, 0.25) is 0 Å². The molecule has 0 aliphatic carbocycles. The lowest BCUT2D eigenvalue weighted by molar-refractivity contribution is -0.139. The Labute approximate surface area is 223 Å². The summed E-state index contributed by atoms with van der Waals surface area (Å²) in [4.78, 5) is 27.6. The van der Waals surface area contributed by atoms with E-state index >= 15 is 0 Å². The van der Waals surface area contributed by atoms with Gasteiger partial charge in [-0.05, 0) is 63.2 Å². The fraction of sp³-hybridized carbons (Fsp3) is 0.286. The van der Waals surface area contributed by atoms with E-state index in [-0.39, 0.29) is 22.7 Å². The molecule has 3 aromatic carbocycles. The molecule has 0 aromatic heterocycles. The minimum absolute atomic E-state index is 0.0379. The van der Waals surface area contributed by atoms with Crippen molar-refractivity contribution in [3.05, 3.63) is 89.7 Å². The number of ether oxygens (including phenoxy) is 1. The van der Waals surface area contributed by atoms with Crippen molar-refractivity contribution >= 4 is 27.5 Å². The molecule has 8 nitrogen and oxygen atoms in total. The summed E-state index contributed by atoms with van der Waals surface area (Å²) in [6.45, 7) is 4.66. The lowest BCUT2D eigenvalue weighted by Gasteiger charge is -2.32. The van der Waals surface area contributed by atoms with Crippen LogP contribution in [0.5, 0.6) is 5.75 Å². The van der Waals surface area contributed by atoms with Crippen LogP contribution >= 0.6 is 0 Å². The molecule has 0 aliphatic rings. The molecule has 0 aliphatic heterocycles. The van der Waals surface area contributed by atoms with Crippen LogP contribution in [-0.4, -0.2) is 51.4 Å². The van der Waals surface area contributed by atoms with E-state index in [0.29, 0.717) is 12.3 Å². The maximum Gasteiger partial charge on any atom is 0.264 e. The third-order valence-corrected chi connectivity index (χ3v) is 7.85. The highest BCUT2D eigenvalue weighted by atomic mass is 32.2. The van der Waals surface area contributed by atoms with Gasteiger partial charge in [0.05, 0.1) is 17.7 Å². The zero-order valence-electron chi connectivity index (χ0n) is 21.8. The molecule has 10 heteroatoms. The summed E-state index contributed by atoms with van der Waals surface area (Å²) >= 11 is 0. The number of hydrogen-bond acceptors (Lipinski definition) is 5. The SMILES string of the molecule is CCNC(=O)[C@H](C)N(Cc1ccccc1F)C(=O)CN(c1ccc(C)cc1)S(=O)(=O)c1ccc(OC)cc1. The van der Waals surface area contributed by atoms with E-state index in [0.717, 1.165) is 9.87 Å². The van der Waals surface area contributed by atoms with Gasteiger partial charge in [-0.2, -0.15) is 0 Å². The Morgan fingerprint density at radius 1 is 1.00 bits per heavy atom. The third-order valence-electron chi connectivity index (χ3n) is 6.07. The van der Waals surface area contributed by atoms with Crippen molar-refractivity contribution in [2.75, 3.05) is 24.5 Å². The zero-order valence-corrected chi connectivity index (χ0v) is 22.7. The highest BCUT2D eigenvalue weighted by molar-refractivity contribution is 7.92. The molecule has 202 valence electrons. The van der Waals surface area contributed by atoms with Gasteiger partial charge in [0.15, 0.2) is 0 Å². The van der Waals surface area contributed by atoms with Crippen LogP contribution in [0.4, 0.5) is 10.1 Å². The quantitative estimate of drug-likeness (QED) is 0.397. The molecule has 38 heavy (non-hydrogen) atoms. The molecular formula is C28H32FN3O5S. The zero-order chi connectivity index (χ0) is 27.9. The van der Waals surface area contributed by atoms with E-state index in [2.05, 4.69) is 5.32 Å². The Morgan fingerprint density at radius 2 is 1.63 bits per heavy atom. The standard InChI is InChI=1S/C28H32FN3O5S/c1-5-30-28(34)21(3)31(18-22-8-6-7-9-26(22)29)27(33)19-32(23-12-10-20(2)11-13-23)38(35,36)25-16-14-24(37-4)15-17-25/h6-17,21H,5,18-19H2,1-4H3,(H,30,34)/t21-/m0/s1. The first-order valence-electron chi connectivity index (χ1n) is 12.1. The fourth-order valence-electron chi connectivity index (χ4n) is 3.83. The van der Waals surface area contributed by atoms with Gasteiger partial charge < -0.3 is 15.0 Å². The van der Waals surface area contributed by atoms with Crippen LogP contribution in [0.1, 0.15) is 25.0 Å². The molecule has 0 fully saturated rings. The molecule has 3 rings (SSSR count). The van der Waals surface area contributed by atoms with Crippen molar-refractivity contribution in [1.29, 1.82) is 0 Å². The van der Waals surface area contributed by atoms with E-state index in [9.17, 15) is 22.4 Å². The van der Waals surface area contributed by atoms with E-state index in [1.54, 1.807) is 37.3 Å². The van der Waals surface area contributed by atoms with Crippen molar-refractivity contribution < 1.29 is 27.1 Å².